The predicted molar refractivity (Wildman–Crippen MR) is 309 cm³/mol. The van der Waals surface area contributed by atoms with Crippen molar-refractivity contribution < 1.29 is 32.9 Å². The maximum absolute atomic E-state index is 13.0. The lowest BCUT2D eigenvalue weighted by Gasteiger charge is -2.25. The predicted octanol–water partition coefficient (Wildman–Crippen LogP) is 18.5. The van der Waals surface area contributed by atoms with Crippen molar-refractivity contribution in [3.05, 3.63) is 60.8 Å². The number of nitrogens with one attached hydrogen (secondary N) is 1. The van der Waals surface area contributed by atoms with Crippen molar-refractivity contribution in [3.63, 3.8) is 0 Å². The molecule has 0 saturated heterocycles. The molecule has 0 aromatic carbocycles. The van der Waals surface area contributed by atoms with Crippen LogP contribution in [0.5, 0.6) is 0 Å². The van der Waals surface area contributed by atoms with Gasteiger partial charge in [-0.25, -0.2) is 4.57 Å². The van der Waals surface area contributed by atoms with E-state index in [0.29, 0.717) is 17.4 Å². The summed E-state index contributed by atoms with van der Waals surface area (Å²) in [5.74, 6) is -0.194. The first-order valence-electron chi connectivity index (χ1n) is 30.2. The molecule has 0 bridgehead atoms. The number of phosphoric ester groups is 1. The molecule has 71 heavy (non-hydrogen) atoms. The van der Waals surface area contributed by atoms with Crippen LogP contribution in [0, 0.1) is 0 Å². The molecule has 0 aliphatic rings. The Bertz CT molecular complexity index is 1340. The number of allylic oxidation sites excluding steroid dienone is 9. The van der Waals surface area contributed by atoms with Crippen molar-refractivity contribution in [3.8, 4) is 0 Å². The van der Waals surface area contributed by atoms with Gasteiger partial charge in [-0.2, -0.15) is 0 Å². The Morgan fingerprint density at radius 3 is 1.21 bits per heavy atom. The van der Waals surface area contributed by atoms with Crippen molar-refractivity contribution in [2.45, 2.75) is 289 Å². The summed E-state index contributed by atoms with van der Waals surface area (Å²) in [4.78, 5) is 23.3. The van der Waals surface area contributed by atoms with Gasteiger partial charge in [-0.15, -0.1) is 0 Å². The van der Waals surface area contributed by atoms with E-state index in [-0.39, 0.29) is 19.1 Å². The summed E-state index contributed by atoms with van der Waals surface area (Å²) < 4.78 is 23.7. The van der Waals surface area contributed by atoms with Crippen molar-refractivity contribution >= 4 is 13.7 Å². The molecule has 0 saturated carbocycles. The topological polar surface area (TPSA) is 105 Å². The maximum atomic E-state index is 13.0. The smallest absolute Gasteiger partial charge is 0.387 e. The number of aliphatic hydroxyl groups excluding tert-OH is 1. The molecule has 1 amide bonds. The molecule has 3 N–H and O–H groups in total. The number of hydrogen-bond acceptors (Lipinski definition) is 5. The molecule has 3 unspecified atom stereocenters. The molecule has 9 heteroatoms. The van der Waals surface area contributed by atoms with E-state index in [2.05, 4.69) is 67.8 Å². The van der Waals surface area contributed by atoms with Gasteiger partial charge in [-0.1, -0.05) is 254 Å². The van der Waals surface area contributed by atoms with Crippen molar-refractivity contribution in [1.29, 1.82) is 0 Å². The molecule has 0 aliphatic carbocycles. The van der Waals surface area contributed by atoms with Crippen LogP contribution in [0.15, 0.2) is 60.8 Å². The highest BCUT2D eigenvalue weighted by Gasteiger charge is 2.27. The number of carbonyl (C=O) groups is 1. The van der Waals surface area contributed by atoms with Gasteiger partial charge in [0.15, 0.2) is 0 Å². The van der Waals surface area contributed by atoms with E-state index in [1.807, 2.05) is 27.2 Å². The Labute approximate surface area is 441 Å². The largest absolute Gasteiger partial charge is 0.472 e. The highest BCUT2D eigenvalue weighted by molar-refractivity contribution is 7.47. The molecule has 0 aromatic rings. The van der Waals surface area contributed by atoms with Crippen LogP contribution in [-0.2, 0) is 18.4 Å². The minimum atomic E-state index is -4.36. The third-order valence-electron chi connectivity index (χ3n) is 13.4. The van der Waals surface area contributed by atoms with Crippen LogP contribution in [0.3, 0.4) is 0 Å². The summed E-state index contributed by atoms with van der Waals surface area (Å²) in [6.07, 6.45) is 71.9. The monoisotopic (exact) mass is 1020 g/mol. The lowest BCUT2D eigenvalue weighted by molar-refractivity contribution is -0.870. The van der Waals surface area contributed by atoms with E-state index in [1.54, 1.807) is 6.08 Å². The Hall–Kier alpha value is -1.80. The van der Waals surface area contributed by atoms with E-state index in [0.717, 1.165) is 51.4 Å². The van der Waals surface area contributed by atoms with Gasteiger partial charge < -0.3 is 19.8 Å². The average molecular weight is 1020 g/mol. The summed E-state index contributed by atoms with van der Waals surface area (Å²) in [5, 5.41) is 13.9. The highest BCUT2D eigenvalue weighted by Crippen LogP contribution is 2.43. The number of hydrogen-bond donors (Lipinski definition) is 3. The lowest BCUT2D eigenvalue weighted by atomic mass is 10.0. The van der Waals surface area contributed by atoms with E-state index in [4.69, 9.17) is 9.05 Å². The number of nitrogens with zero attached hydrogens (tertiary/aromatic N) is 1. The van der Waals surface area contributed by atoms with Crippen LogP contribution in [0.2, 0.25) is 0 Å². The van der Waals surface area contributed by atoms with Crippen LogP contribution in [0.1, 0.15) is 277 Å². The van der Waals surface area contributed by atoms with E-state index >= 15 is 0 Å². The van der Waals surface area contributed by atoms with Crippen LogP contribution in [0.4, 0.5) is 0 Å². The fourth-order valence-electron chi connectivity index (χ4n) is 8.69. The van der Waals surface area contributed by atoms with Crippen LogP contribution in [-0.4, -0.2) is 73.4 Å². The van der Waals surface area contributed by atoms with Crippen molar-refractivity contribution in [2.24, 2.45) is 0 Å². The zero-order valence-corrected chi connectivity index (χ0v) is 48.4. The number of phosphoric acid groups is 1. The summed E-state index contributed by atoms with van der Waals surface area (Å²) >= 11 is 0. The van der Waals surface area contributed by atoms with Crippen molar-refractivity contribution in [1.82, 2.24) is 5.32 Å². The number of likely N-dealkylation sites (N-methyl/N-ethyl adjacent to an activating group) is 1. The standard InChI is InChI=1S/C62H117N2O6P/c1-6-8-10-12-14-16-18-20-22-24-26-28-30-32-34-36-38-40-42-44-46-48-50-52-54-56-62(66)63-60(59-70-71(67,68)69-58-57-64(3,4)5)61(65)55-53-51-49-47-45-43-41-39-37-35-33-31-29-27-25-23-21-19-17-15-13-11-9-7-2/h26,28,32,34,37,39,45,47,53,55,60-61,65H,6-25,27,29-31,33,35-36,38,40-44,46,48-52,54,56-59H2,1-5H3,(H-,63,66,67,68)/p+1/b28-26-,34-32-,39-37+,47-45+,55-53+. The van der Waals surface area contributed by atoms with E-state index < -0.39 is 20.0 Å². The molecule has 3 atom stereocenters. The number of unbranched alkanes of at least 4 members (excludes halogenated alkanes) is 34. The molecule has 0 fully saturated rings. The number of aliphatic hydroxyl groups is 1. The molecule has 0 rings (SSSR count). The van der Waals surface area contributed by atoms with Crippen LogP contribution >= 0.6 is 7.82 Å². The Kier molecular flexibility index (Phi) is 51.7. The summed E-state index contributed by atoms with van der Waals surface area (Å²) in [5.41, 5.74) is 0. The molecule has 0 aliphatic heterocycles. The first kappa shape index (κ1) is 69.2. The first-order valence-corrected chi connectivity index (χ1v) is 31.7. The Morgan fingerprint density at radius 1 is 0.479 bits per heavy atom. The summed E-state index contributed by atoms with van der Waals surface area (Å²) in [6, 6.07) is -0.875. The Morgan fingerprint density at radius 2 is 0.817 bits per heavy atom. The fourth-order valence-corrected chi connectivity index (χ4v) is 9.43. The van der Waals surface area contributed by atoms with E-state index in [1.165, 1.54) is 205 Å². The van der Waals surface area contributed by atoms with Crippen LogP contribution < -0.4 is 5.32 Å². The first-order chi connectivity index (χ1) is 34.5. The van der Waals surface area contributed by atoms with E-state index in [9.17, 15) is 19.4 Å². The number of amides is 1. The second kappa shape index (κ2) is 53.0. The quantitative estimate of drug-likeness (QED) is 0.0243. The normalized spacial score (nSPS) is 14.3. The zero-order valence-electron chi connectivity index (χ0n) is 47.5. The molecule has 0 radical (unpaired) electrons. The third-order valence-corrected chi connectivity index (χ3v) is 14.4. The highest BCUT2D eigenvalue weighted by atomic mass is 31.2. The van der Waals surface area contributed by atoms with Gasteiger partial charge in [-0.05, 0) is 77.0 Å². The lowest BCUT2D eigenvalue weighted by Crippen LogP contribution is -2.45. The third kappa shape index (κ3) is 55.8. The van der Waals surface area contributed by atoms with Gasteiger partial charge in [0.05, 0.1) is 39.9 Å². The van der Waals surface area contributed by atoms with Crippen molar-refractivity contribution in [2.75, 3.05) is 40.9 Å². The Balaban J connectivity index is 4.28. The molecule has 0 aromatic heterocycles. The zero-order chi connectivity index (χ0) is 52.0. The van der Waals surface area contributed by atoms with Gasteiger partial charge in [0.25, 0.3) is 0 Å². The summed E-state index contributed by atoms with van der Waals surface area (Å²) in [7, 11) is 1.54. The number of quaternary nitrogens is 1. The molecule has 8 nitrogen and oxygen atoms in total. The molecule has 0 heterocycles. The maximum Gasteiger partial charge on any atom is 0.472 e. The molecular weight excluding hydrogens is 900 g/mol. The minimum absolute atomic E-state index is 0.0511. The van der Waals surface area contributed by atoms with Gasteiger partial charge in [-0.3, -0.25) is 13.8 Å². The van der Waals surface area contributed by atoms with Gasteiger partial charge >= 0.3 is 7.82 Å². The molecule has 0 spiro atoms. The van der Waals surface area contributed by atoms with Crippen LogP contribution in [0.25, 0.3) is 0 Å². The number of rotatable bonds is 55. The number of carbonyl (C=O) groups excluding carboxylic acids is 1. The molecular formula is C62H118N2O6P+. The molecule has 416 valence electrons. The second-order valence-corrected chi connectivity index (χ2v) is 23.2. The SMILES string of the molecule is CCCCCCCCCCC/C=C\C/C=C\CCCCCCCCCCCC(=O)NC(COP(=O)(O)OCC[N+](C)(C)C)C(O)/C=C/CC/C=C/CC/C=C/CCCCCCCCCCCCCCCC. The average Bonchev–Trinajstić information content (AvgIpc) is 3.33. The fraction of sp³-hybridized carbons (Fsp3) is 0.823. The second-order valence-electron chi connectivity index (χ2n) is 21.7. The van der Waals surface area contributed by atoms with Gasteiger partial charge in [0.1, 0.15) is 13.2 Å². The van der Waals surface area contributed by atoms with Gasteiger partial charge in [0, 0.05) is 6.42 Å². The summed E-state index contributed by atoms with van der Waals surface area (Å²) in [6.45, 7) is 4.81. The van der Waals surface area contributed by atoms with Gasteiger partial charge in [0.2, 0.25) is 5.91 Å². The minimum Gasteiger partial charge on any atom is -0.387 e.